The van der Waals surface area contributed by atoms with Crippen molar-refractivity contribution in [2.24, 2.45) is 0 Å². The quantitative estimate of drug-likeness (QED) is 0.283. The minimum Gasteiger partial charge on any atom is -0.480 e. The zero-order chi connectivity index (χ0) is 21.1. The van der Waals surface area contributed by atoms with Crippen LogP contribution >= 0.6 is 0 Å². The minimum absolute atomic E-state index is 0. The standard InChI is InChI=1S/C16H28N4O8.Y/c21-13(22)9-17-1-2-18(10-14(23)24)5-6-20(12-16(27)28)8-7-19(4-3-17)11-15(25)26;/h1-12H2,(H,21,22)(H,23,24)(H,25,26)(H,27,28);/q;+3. The zero-order valence-electron chi connectivity index (χ0n) is 16.3. The molecule has 12 nitrogen and oxygen atoms in total. The van der Waals surface area contributed by atoms with Crippen molar-refractivity contribution in [3.63, 3.8) is 0 Å². The molecule has 1 aliphatic rings. The van der Waals surface area contributed by atoms with Gasteiger partial charge >= 0.3 is 56.6 Å². The van der Waals surface area contributed by atoms with E-state index in [1.807, 2.05) is 0 Å². The van der Waals surface area contributed by atoms with E-state index in [0.29, 0.717) is 52.4 Å². The van der Waals surface area contributed by atoms with Crippen LogP contribution < -0.4 is 0 Å². The molecule has 0 aromatic heterocycles. The minimum atomic E-state index is -1.02. The second kappa shape index (κ2) is 14.8. The first-order valence-corrected chi connectivity index (χ1v) is 8.92. The van der Waals surface area contributed by atoms with Gasteiger partial charge < -0.3 is 20.4 Å². The second-order valence-corrected chi connectivity index (χ2v) is 6.68. The first kappa shape index (κ1) is 27.8. The Morgan fingerprint density at radius 3 is 0.690 bits per heavy atom. The van der Waals surface area contributed by atoms with Crippen molar-refractivity contribution in [1.29, 1.82) is 0 Å². The maximum absolute atomic E-state index is 11.1. The van der Waals surface area contributed by atoms with Crippen molar-refractivity contribution >= 4 is 23.9 Å². The van der Waals surface area contributed by atoms with Gasteiger partial charge in [0.1, 0.15) is 0 Å². The first-order valence-electron chi connectivity index (χ1n) is 8.92. The van der Waals surface area contributed by atoms with Crippen molar-refractivity contribution in [3.8, 4) is 0 Å². The maximum atomic E-state index is 11.1. The Kier molecular flexibility index (Phi) is 14.2. The fourth-order valence-electron chi connectivity index (χ4n) is 2.98. The molecule has 0 aliphatic carbocycles. The van der Waals surface area contributed by atoms with Gasteiger partial charge in [0.15, 0.2) is 0 Å². The van der Waals surface area contributed by atoms with Crippen LogP contribution in [0.1, 0.15) is 0 Å². The summed E-state index contributed by atoms with van der Waals surface area (Å²) in [5, 5.41) is 36.3. The number of aliphatic carboxylic acids is 4. The van der Waals surface area contributed by atoms with Crippen LogP contribution in [0.5, 0.6) is 0 Å². The Labute approximate surface area is 193 Å². The van der Waals surface area contributed by atoms with Crippen LogP contribution in [0.3, 0.4) is 0 Å². The van der Waals surface area contributed by atoms with Crippen LogP contribution in [0.15, 0.2) is 0 Å². The largest absolute Gasteiger partial charge is 3.00 e. The van der Waals surface area contributed by atoms with Crippen molar-refractivity contribution < 1.29 is 72.3 Å². The van der Waals surface area contributed by atoms with Crippen molar-refractivity contribution in [2.45, 2.75) is 0 Å². The van der Waals surface area contributed by atoms with Gasteiger partial charge in [0.05, 0.1) is 26.2 Å². The number of carboxylic acids is 4. The van der Waals surface area contributed by atoms with Crippen LogP contribution in [0.4, 0.5) is 0 Å². The van der Waals surface area contributed by atoms with E-state index < -0.39 is 23.9 Å². The molecule has 160 valence electrons. The van der Waals surface area contributed by atoms with E-state index in [9.17, 15) is 19.2 Å². The summed E-state index contributed by atoms with van der Waals surface area (Å²) in [6.45, 7) is 1.52. The summed E-state index contributed by atoms with van der Waals surface area (Å²) in [6.07, 6.45) is 0. The molecule has 1 aliphatic heterocycles. The zero-order valence-corrected chi connectivity index (χ0v) is 19.1. The fraction of sp³-hybridized carbons (Fsp3) is 0.750. The summed E-state index contributed by atoms with van der Waals surface area (Å²) in [7, 11) is 0. The molecule has 0 amide bonds. The number of nitrogens with zero attached hydrogens (tertiary/aromatic N) is 4. The molecular weight excluding hydrogens is 465 g/mol. The summed E-state index contributed by atoms with van der Waals surface area (Å²) in [5.41, 5.74) is 0. The van der Waals surface area contributed by atoms with Crippen LogP contribution in [0, 0.1) is 0 Å². The van der Waals surface area contributed by atoms with Gasteiger partial charge in [-0.1, -0.05) is 0 Å². The Morgan fingerprint density at radius 2 is 0.586 bits per heavy atom. The summed E-state index contributed by atoms with van der Waals surface area (Å²) in [4.78, 5) is 50.9. The molecule has 29 heavy (non-hydrogen) atoms. The molecule has 1 rings (SSSR count). The fourth-order valence-corrected chi connectivity index (χ4v) is 2.98. The SMILES string of the molecule is O=C(O)CN1CCN(CC(=O)O)CCN(CC(=O)O)CCN(CC(=O)O)CC1.[Y+3]. The van der Waals surface area contributed by atoms with E-state index >= 15 is 0 Å². The molecule has 0 unspecified atom stereocenters. The average Bonchev–Trinajstić information content (AvgIpc) is 2.55. The molecule has 1 fully saturated rings. The van der Waals surface area contributed by atoms with E-state index in [1.165, 1.54) is 0 Å². The van der Waals surface area contributed by atoms with Gasteiger partial charge in [-0.25, -0.2) is 0 Å². The van der Waals surface area contributed by atoms with E-state index in [4.69, 9.17) is 20.4 Å². The van der Waals surface area contributed by atoms with Gasteiger partial charge in [-0.2, -0.15) is 0 Å². The summed E-state index contributed by atoms with van der Waals surface area (Å²) in [6, 6.07) is 0. The Morgan fingerprint density at radius 1 is 0.448 bits per heavy atom. The van der Waals surface area contributed by atoms with Crippen molar-refractivity contribution in [1.82, 2.24) is 19.6 Å². The van der Waals surface area contributed by atoms with E-state index in [1.54, 1.807) is 19.6 Å². The number of hydrogen-bond acceptors (Lipinski definition) is 8. The molecule has 0 aromatic rings. The molecule has 1 heterocycles. The van der Waals surface area contributed by atoms with Gasteiger partial charge in [-0.3, -0.25) is 38.8 Å². The Balaban J connectivity index is 0.00000784. The van der Waals surface area contributed by atoms with E-state index in [-0.39, 0.29) is 58.9 Å². The molecule has 1 saturated heterocycles. The molecular formula is C16H28N4O8Y+3. The van der Waals surface area contributed by atoms with Gasteiger partial charge in [-0.15, -0.1) is 0 Å². The third kappa shape index (κ3) is 13.6. The van der Waals surface area contributed by atoms with Crippen molar-refractivity contribution in [2.75, 3.05) is 78.5 Å². The predicted molar refractivity (Wildman–Crippen MR) is 96.3 cm³/mol. The normalized spacial score (nSPS) is 18.8. The predicted octanol–water partition coefficient (Wildman–Crippen LogP) is -2.46. The van der Waals surface area contributed by atoms with E-state index in [2.05, 4.69) is 0 Å². The average molecular weight is 493 g/mol. The summed E-state index contributed by atoms with van der Waals surface area (Å²) < 4.78 is 0. The van der Waals surface area contributed by atoms with Crippen LogP contribution in [0.2, 0.25) is 0 Å². The van der Waals surface area contributed by atoms with Gasteiger partial charge in [0.25, 0.3) is 0 Å². The summed E-state index contributed by atoms with van der Waals surface area (Å²) >= 11 is 0. The molecule has 0 saturated carbocycles. The topological polar surface area (TPSA) is 162 Å². The third-order valence-electron chi connectivity index (χ3n) is 4.37. The molecule has 0 aromatic carbocycles. The number of carboxylic acid groups (broad SMARTS) is 4. The van der Waals surface area contributed by atoms with Crippen LogP contribution in [-0.4, -0.2) is 142 Å². The number of carbonyl (C=O) groups is 4. The molecule has 0 spiro atoms. The Bertz CT molecular complexity index is 453. The molecule has 4 N–H and O–H groups in total. The van der Waals surface area contributed by atoms with Crippen molar-refractivity contribution in [3.05, 3.63) is 0 Å². The van der Waals surface area contributed by atoms with E-state index in [0.717, 1.165) is 0 Å². The van der Waals surface area contributed by atoms with Gasteiger partial charge in [-0.05, 0) is 0 Å². The van der Waals surface area contributed by atoms with Gasteiger partial charge in [0.2, 0.25) is 0 Å². The second-order valence-electron chi connectivity index (χ2n) is 6.68. The molecule has 13 heteroatoms. The summed E-state index contributed by atoms with van der Waals surface area (Å²) in [5.74, 6) is -4.08. The van der Waals surface area contributed by atoms with Gasteiger partial charge in [0, 0.05) is 52.4 Å². The molecule has 0 radical (unpaired) electrons. The first-order chi connectivity index (χ1) is 13.2. The molecule has 0 atom stereocenters. The van der Waals surface area contributed by atoms with Crippen LogP contribution in [0.25, 0.3) is 0 Å². The monoisotopic (exact) mass is 493 g/mol. The molecule has 0 bridgehead atoms. The third-order valence-corrected chi connectivity index (χ3v) is 4.37. The smallest absolute Gasteiger partial charge is 0.480 e. The maximum Gasteiger partial charge on any atom is 3.00 e. The Hall–Kier alpha value is -1.18. The van der Waals surface area contributed by atoms with Crippen LogP contribution in [-0.2, 0) is 51.9 Å². The number of hydrogen-bond donors (Lipinski definition) is 4. The number of rotatable bonds is 8.